The van der Waals surface area contributed by atoms with Crippen LogP contribution in [0.5, 0.6) is 0 Å². The van der Waals surface area contributed by atoms with E-state index < -0.39 is 22.8 Å². The highest BCUT2D eigenvalue weighted by atomic mass is 16.5. The number of esters is 2. The van der Waals surface area contributed by atoms with Crippen molar-refractivity contribution in [3.05, 3.63) is 36.4 Å². The first-order valence-electron chi connectivity index (χ1n) is 49.2. The molecule has 0 aliphatic heterocycles. The molecule has 0 radical (unpaired) electrons. The number of aryl methyl sites for hydroxylation is 4. The van der Waals surface area contributed by atoms with E-state index in [0.717, 1.165) is 244 Å². The highest BCUT2D eigenvalue weighted by molar-refractivity contribution is 5.75. The summed E-state index contributed by atoms with van der Waals surface area (Å²) in [6, 6.07) is 0. The van der Waals surface area contributed by atoms with E-state index in [1.807, 2.05) is 38.6 Å². The fourth-order valence-corrected chi connectivity index (χ4v) is 16.4. The molecule has 18 nitrogen and oxygen atoms in total. The lowest BCUT2D eigenvalue weighted by Gasteiger charge is -2.30. The van der Waals surface area contributed by atoms with Gasteiger partial charge in [0.2, 0.25) is 0 Å². The van der Waals surface area contributed by atoms with E-state index >= 15 is 0 Å². The Bertz CT molecular complexity index is 2380. The zero-order chi connectivity index (χ0) is 84.7. The smallest absolute Gasteiger partial charge is 0.309 e. The second kappa shape index (κ2) is 79.5. The summed E-state index contributed by atoms with van der Waals surface area (Å²) < 4.78 is 40.4. The molecular formula is C98H186N6O12. The van der Waals surface area contributed by atoms with Gasteiger partial charge in [-0.2, -0.15) is 0 Å². The van der Waals surface area contributed by atoms with Gasteiger partial charge in [0.25, 0.3) is 0 Å². The van der Waals surface area contributed by atoms with Crippen molar-refractivity contribution in [2.24, 2.45) is 22.7 Å². The molecule has 0 fully saturated rings. The Balaban J connectivity index is 0.00000116. The molecule has 18 heteroatoms. The lowest BCUT2D eigenvalue weighted by atomic mass is 9.74. The normalized spacial score (nSPS) is 13.3. The van der Waals surface area contributed by atoms with Gasteiger partial charge in [0.15, 0.2) is 0 Å². The highest BCUT2D eigenvalue weighted by Crippen LogP contribution is 2.39. The van der Waals surface area contributed by atoms with Crippen molar-refractivity contribution in [1.29, 1.82) is 0 Å². The maximum Gasteiger partial charge on any atom is 0.309 e. The first kappa shape index (κ1) is 110. The predicted molar refractivity (Wildman–Crippen MR) is 483 cm³/mol. The summed E-state index contributed by atoms with van der Waals surface area (Å²) in [5.41, 5.74) is -1.27. The van der Waals surface area contributed by atoms with Gasteiger partial charge in [-0.15, -0.1) is 0 Å². The molecule has 0 aromatic carbocycles. The Morgan fingerprint density at radius 3 is 0.819 bits per heavy atom. The average Bonchev–Trinajstić information content (AvgIpc) is 1.28. The van der Waals surface area contributed by atoms with Crippen molar-refractivity contribution in [3.63, 3.8) is 0 Å². The van der Waals surface area contributed by atoms with Crippen molar-refractivity contribution in [2.45, 2.75) is 442 Å². The van der Waals surface area contributed by atoms with Crippen molar-refractivity contribution >= 4 is 23.9 Å². The van der Waals surface area contributed by atoms with Gasteiger partial charge in [0.05, 0.1) is 62.3 Å². The summed E-state index contributed by atoms with van der Waals surface area (Å²) in [7, 11) is 0. The molecule has 2 aromatic rings. The molecule has 680 valence electrons. The second-order valence-electron chi connectivity index (χ2n) is 34.5. The molecule has 0 saturated heterocycles. The number of imidazole rings is 2. The molecular weight excluding hydrogens is 1450 g/mol. The third kappa shape index (κ3) is 59.7. The zero-order valence-corrected chi connectivity index (χ0v) is 77.5. The average molecular weight is 1640 g/mol. The van der Waals surface area contributed by atoms with Crippen LogP contribution in [0.25, 0.3) is 0 Å². The fourth-order valence-electron chi connectivity index (χ4n) is 16.4. The number of nitrogens with zero attached hydrogens (tertiary/aromatic N) is 6. The number of hydrogen-bond acceptors (Lipinski definition) is 14. The molecule has 0 spiro atoms. The Morgan fingerprint density at radius 2 is 0.552 bits per heavy atom. The first-order valence-corrected chi connectivity index (χ1v) is 49.2. The van der Waals surface area contributed by atoms with Gasteiger partial charge in [-0.05, 0) is 104 Å². The Labute approximate surface area is 713 Å². The van der Waals surface area contributed by atoms with Crippen LogP contribution in [0.15, 0.2) is 24.8 Å². The van der Waals surface area contributed by atoms with Gasteiger partial charge in [0, 0.05) is 116 Å². The maximum absolute atomic E-state index is 13.0. The summed E-state index contributed by atoms with van der Waals surface area (Å²) in [4.78, 5) is 65.1. The lowest BCUT2D eigenvalue weighted by molar-refractivity contribution is -0.151. The minimum absolute atomic E-state index is 0.00646. The third-order valence-corrected chi connectivity index (χ3v) is 24.3. The molecule has 2 rings (SSSR count). The number of aliphatic carboxylic acids is 2. The van der Waals surface area contributed by atoms with Gasteiger partial charge < -0.3 is 47.8 Å². The van der Waals surface area contributed by atoms with Crippen LogP contribution < -0.4 is 0 Å². The molecule has 2 N–H and O–H groups in total. The minimum atomic E-state index is -0.635. The predicted octanol–water partition coefficient (Wildman–Crippen LogP) is 25.5. The molecule has 0 aliphatic rings. The summed E-state index contributed by atoms with van der Waals surface area (Å²) >= 11 is 0. The number of unbranched alkanes of at least 4 members (excludes halogenated alkanes) is 32. The van der Waals surface area contributed by atoms with E-state index in [0.29, 0.717) is 78.9 Å². The van der Waals surface area contributed by atoms with Gasteiger partial charge in [0.1, 0.15) is 11.6 Å². The first-order chi connectivity index (χ1) is 56.7. The van der Waals surface area contributed by atoms with Crippen LogP contribution in [0.3, 0.4) is 0 Å². The van der Waals surface area contributed by atoms with Gasteiger partial charge >= 0.3 is 23.9 Å². The van der Waals surface area contributed by atoms with E-state index in [9.17, 15) is 29.4 Å². The third-order valence-electron chi connectivity index (χ3n) is 24.3. The maximum atomic E-state index is 13.0. The topological polar surface area (TPSA) is 206 Å². The summed E-state index contributed by atoms with van der Waals surface area (Å²) in [5.74, 6) is 0.898. The molecule has 4 unspecified atom stereocenters. The number of aromatic nitrogens is 4. The Morgan fingerprint density at radius 1 is 0.310 bits per heavy atom. The number of ether oxygens (including phenoxy) is 6. The van der Waals surface area contributed by atoms with Crippen LogP contribution in [0.2, 0.25) is 0 Å². The number of rotatable bonds is 88. The van der Waals surface area contributed by atoms with Crippen LogP contribution in [0.1, 0.15) is 427 Å². The summed E-state index contributed by atoms with van der Waals surface area (Å²) in [5, 5.41) is 21.0. The summed E-state index contributed by atoms with van der Waals surface area (Å²) in [6.45, 7) is 34.5. The molecule has 0 saturated carbocycles. The van der Waals surface area contributed by atoms with E-state index in [2.05, 4.69) is 84.3 Å². The van der Waals surface area contributed by atoms with Crippen molar-refractivity contribution < 1.29 is 57.8 Å². The van der Waals surface area contributed by atoms with Crippen molar-refractivity contribution in [1.82, 2.24) is 28.9 Å². The van der Waals surface area contributed by atoms with E-state index in [4.69, 9.17) is 28.4 Å². The molecule has 2 aromatic heterocycles. The van der Waals surface area contributed by atoms with Gasteiger partial charge in [-0.25, -0.2) is 9.97 Å². The van der Waals surface area contributed by atoms with E-state index in [-0.39, 0.29) is 23.8 Å². The Hall–Kier alpha value is -3.94. The number of hydrogen-bond donors (Lipinski definition) is 2. The van der Waals surface area contributed by atoms with Crippen molar-refractivity contribution in [2.75, 3.05) is 105 Å². The van der Waals surface area contributed by atoms with E-state index in [1.54, 1.807) is 0 Å². The second-order valence-corrected chi connectivity index (χ2v) is 34.5. The number of carboxylic acid groups (broad SMARTS) is 2. The molecule has 0 amide bonds. The van der Waals surface area contributed by atoms with Gasteiger partial charge in [-0.1, -0.05) is 312 Å². The molecule has 0 bridgehead atoms. The minimum Gasteiger partial charge on any atom is -0.481 e. The zero-order valence-electron chi connectivity index (χ0n) is 77.5. The van der Waals surface area contributed by atoms with Crippen LogP contribution in [-0.4, -0.2) is 168 Å². The van der Waals surface area contributed by atoms with Crippen molar-refractivity contribution in [3.8, 4) is 0 Å². The van der Waals surface area contributed by atoms with Gasteiger partial charge in [-0.3, -0.25) is 29.0 Å². The molecule has 116 heavy (non-hydrogen) atoms. The standard InChI is InChI=1S/2C49H93N3O6/c1-6-10-14-18-20-24-31-46(29-22-16-12-8-3)48(53)57-41-27-39-55-43-37-51(34-26-35-52-36-33-50-45(52)5)38-44-56-40-28-42-58-49(54)47(30-23-17-13-9-4)32-25-21-19-15-11-7-2;1-6-10-14-18-20-24-31-48(46(53)54,29-22-16-12-8-3)33-26-41-57-43-39-51(36-28-37-52-38-35-50-45(52)5)40-44-58-42-27-34-49(47(55)56,30-23-17-13-9-4)32-25-21-19-15-11-7-2/h33,36,46-47H,6-32,34-35,37-44H2,1-5H3;35,38H,6-34,36-37,39-44H2,1-5H3,(H,53,54)(H,55,56). The molecule has 4 atom stereocenters. The van der Waals surface area contributed by atoms with Crippen LogP contribution in [-0.2, 0) is 60.7 Å². The molecule has 0 aliphatic carbocycles. The summed E-state index contributed by atoms with van der Waals surface area (Å²) in [6.07, 6.45) is 68.6. The number of carbonyl (C=O) groups excluding carboxylic acids is 2. The highest BCUT2D eigenvalue weighted by Gasteiger charge is 2.38. The Kier molecular flexibility index (Phi) is 75.5. The number of carboxylic acids is 2. The SMILES string of the molecule is CCCCCCCCC(CCCCCC)(CCCOCCN(CCCn1ccnc1C)CCOCCCC(CCCCCC)(CCCCCCCC)C(=O)O)C(=O)O.CCCCCCCCC(CCCCCC)C(=O)OCCCOCCN(CCCn1ccnc1C)CCOCCCOC(=O)C(CCCCCC)CCCCCCCC. The number of carbonyl (C=O) groups is 4. The lowest BCUT2D eigenvalue weighted by Crippen LogP contribution is -2.33. The molecule has 2 heterocycles. The van der Waals surface area contributed by atoms with E-state index in [1.165, 1.54) is 167 Å². The van der Waals surface area contributed by atoms with Crippen LogP contribution in [0.4, 0.5) is 0 Å². The van der Waals surface area contributed by atoms with Crippen LogP contribution in [0, 0.1) is 36.5 Å². The quantitative estimate of drug-likeness (QED) is 0.0466. The largest absolute Gasteiger partial charge is 0.481 e. The van der Waals surface area contributed by atoms with Crippen LogP contribution >= 0.6 is 0 Å². The monoisotopic (exact) mass is 1640 g/mol. The fraction of sp³-hybridized carbons (Fsp3) is 0.898.